The van der Waals surface area contributed by atoms with Crippen LogP contribution in [0, 0.1) is 10.1 Å². The summed E-state index contributed by atoms with van der Waals surface area (Å²) in [5, 5.41) is 20.6. The number of anilines is 1. The van der Waals surface area contributed by atoms with Gasteiger partial charge in [0, 0.05) is 37.9 Å². The number of piperazine rings is 1. The molecule has 1 aliphatic rings. The number of likely N-dealkylation sites (N-methyl/N-ethyl adjacent to an activating group) is 1. The van der Waals surface area contributed by atoms with E-state index in [4.69, 9.17) is 0 Å². The zero-order valence-corrected chi connectivity index (χ0v) is 11.2. The van der Waals surface area contributed by atoms with E-state index in [9.17, 15) is 15.2 Å². The third-order valence-corrected chi connectivity index (χ3v) is 3.53. The molecule has 0 saturated carbocycles. The van der Waals surface area contributed by atoms with Crippen LogP contribution in [-0.2, 0) is 0 Å². The maximum atomic E-state index is 11.1. The first kappa shape index (κ1) is 13.8. The highest BCUT2D eigenvalue weighted by Gasteiger charge is 2.21. The Hall–Kier alpha value is -1.66. The fourth-order valence-electron chi connectivity index (χ4n) is 2.30. The normalized spacial score (nSPS) is 18.4. The Morgan fingerprint density at radius 1 is 1.32 bits per heavy atom. The van der Waals surface area contributed by atoms with Crippen molar-refractivity contribution in [3.63, 3.8) is 0 Å². The Balaban J connectivity index is 2.28. The van der Waals surface area contributed by atoms with Crippen LogP contribution in [0.25, 0.3) is 0 Å². The lowest BCUT2D eigenvalue weighted by atomic mass is 10.1. The molecule has 1 aromatic carbocycles. The van der Waals surface area contributed by atoms with Crippen molar-refractivity contribution in [2.45, 2.75) is 13.0 Å². The van der Waals surface area contributed by atoms with Crippen LogP contribution in [0.5, 0.6) is 0 Å². The van der Waals surface area contributed by atoms with Crippen LogP contribution < -0.4 is 4.90 Å². The second-order valence-corrected chi connectivity index (χ2v) is 4.97. The van der Waals surface area contributed by atoms with E-state index in [0.717, 1.165) is 31.9 Å². The van der Waals surface area contributed by atoms with Gasteiger partial charge < -0.3 is 14.9 Å². The summed E-state index contributed by atoms with van der Waals surface area (Å²) in [6.07, 6.45) is -0.832. The van der Waals surface area contributed by atoms with E-state index >= 15 is 0 Å². The third-order valence-electron chi connectivity index (χ3n) is 3.53. The number of nitro groups is 1. The van der Waals surface area contributed by atoms with Crippen LogP contribution >= 0.6 is 0 Å². The fourth-order valence-corrected chi connectivity index (χ4v) is 2.30. The van der Waals surface area contributed by atoms with E-state index in [-0.39, 0.29) is 5.69 Å². The molecule has 6 nitrogen and oxygen atoms in total. The molecule has 0 amide bonds. The number of rotatable bonds is 3. The van der Waals surface area contributed by atoms with Gasteiger partial charge in [0.2, 0.25) is 0 Å². The molecule has 2 rings (SSSR count). The highest BCUT2D eigenvalue weighted by molar-refractivity contribution is 5.57. The third kappa shape index (κ3) is 3.02. The molecule has 0 radical (unpaired) electrons. The van der Waals surface area contributed by atoms with Crippen LogP contribution in [-0.4, -0.2) is 48.2 Å². The van der Waals surface area contributed by atoms with Crippen molar-refractivity contribution in [2.75, 3.05) is 38.1 Å². The highest BCUT2D eigenvalue weighted by atomic mass is 16.6. The predicted molar refractivity (Wildman–Crippen MR) is 73.4 cm³/mol. The number of aliphatic hydroxyl groups is 1. The maximum absolute atomic E-state index is 11.1. The quantitative estimate of drug-likeness (QED) is 0.661. The van der Waals surface area contributed by atoms with Crippen LogP contribution in [0.15, 0.2) is 18.2 Å². The summed E-state index contributed by atoms with van der Waals surface area (Å²) in [4.78, 5) is 15.0. The Bertz CT molecular complexity index is 468. The Morgan fingerprint density at radius 2 is 1.95 bits per heavy atom. The number of nitrogens with zero attached hydrogens (tertiary/aromatic N) is 3. The molecule has 1 heterocycles. The molecule has 0 spiro atoms. The minimum absolute atomic E-state index is 0.00794. The SMILES string of the molecule is CC(O)c1ccc(N2CCN(C)CC2)cc1[N+](=O)[O-]. The lowest BCUT2D eigenvalue weighted by Crippen LogP contribution is -2.44. The fraction of sp³-hybridized carbons (Fsp3) is 0.538. The van der Waals surface area contributed by atoms with Gasteiger partial charge in [-0.15, -0.1) is 0 Å². The number of benzene rings is 1. The van der Waals surface area contributed by atoms with Gasteiger partial charge in [-0.1, -0.05) is 0 Å². The van der Waals surface area contributed by atoms with Crippen LogP contribution in [0.4, 0.5) is 11.4 Å². The summed E-state index contributed by atoms with van der Waals surface area (Å²) in [6.45, 7) is 5.17. The second-order valence-electron chi connectivity index (χ2n) is 4.97. The summed E-state index contributed by atoms with van der Waals surface area (Å²) in [5.41, 5.74) is 1.21. The van der Waals surface area contributed by atoms with E-state index in [1.165, 1.54) is 6.92 Å². The summed E-state index contributed by atoms with van der Waals surface area (Å²) in [6, 6.07) is 5.06. The first-order valence-corrected chi connectivity index (χ1v) is 6.39. The van der Waals surface area contributed by atoms with Crippen molar-refractivity contribution in [3.8, 4) is 0 Å². The topological polar surface area (TPSA) is 69.8 Å². The van der Waals surface area contributed by atoms with Gasteiger partial charge in [-0.25, -0.2) is 0 Å². The molecule has 19 heavy (non-hydrogen) atoms. The predicted octanol–water partition coefficient (Wildman–Crippen LogP) is 1.40. The minimum Gasteiger partial charge on any atom is -0.388 e. The largest absolute Gasteiger partial charge is 0.388 e. The average Bonchev–Trinajstić information content (AvgIpc) is 2.38. The highest BCUT2D eigenvalue weighted by Crippen LogP contribution is 2.30. The molecule has 1 unspecified atom stereocenters. The lowest BCUT2D eigenvalue weighted by Gasteiger charge is -2.34. The van der Waals surface area contributed by atoms with Gasteiger partial charge in [-0.3, -0.25) is 10.1 Å². The van der Waals surface area contributed by atoms with Gasteiger partial charge in [-0.2, -0.15) is 0 Å². The van der Waals surface area contributed by atoms with Gasteiger partial charge in [0.25, 0.3) is 5.69 Å². The number of nitro benzene ring substituents is 1. The van der Waals surface area contributed by atoms with Crippen molar-refractivity contribution in [1.29, 1.82) is 0 Å². The molecule has 1 saturated heterocycles. The van der Waals surface area contributed by atoms with Crippen molar-refractivity contribution < 1.29 is 10.0 Å². The molecule has 6 heteroatoms. The monoisotopic (exact) mass is 265 g/mol. The molecule has 1 aromatic rings. The lowest BCUT2D eigenvalue weighted by molar-refractivity contribution is -0.386. The van der Waals surface area contributed by atoms with Crippen molar-refractivity contribution in [2.24, 2.45) is 0 Å². The minimum atomic E-state index is -0.832. The van der Waals surface area contributed by atoms with Gasteiger partial charge in [0.1, 0.15) is 0 Å². The summed E-state index contributed by atoms with van der Waals surface area (Å²) in [5.74, 6) is 0. The number of hydrogen-bond donors (Lipinski definition) is 1. The maximum Gasteiger partial charge on any atom is 0.277 e. The number of hydrogen-bond acceptors (Lipinski definition) is 5. The standard InChI is InChI=1S/C13H19N3O3/c1-10(17)12-4-3-11(9-13(12)16(18)19)15-7-5-14(2)6-8-15/h3-4,9-10,17H,5-8H2,1-2H3. The molecular weight excluding hydrogens is 246 g/mol. The average molecular weight is 265 g/mol. The molecule has 104 valence electrons. The molecule has 0 aliphatic carbocycles. The van der Waals surface area contributed by atoms with E-state index in [2.05, 4.69) is 16.8 Å². The first-order valence-electron chi connectivity index (χ1n) is 6.39. The zero-order chi connectivity index (χ0) is 14.0. The van der Waals surface area contributed by atoms with Gasteiger partial charge in [-0.05, 0) is 26.1 Å². The van der Waals surface area contributed by atoms with E-state index in [0.29, 0.717) is 5.56 Å². The Morgan fingerprint density at radius 3 is 2.47 bits per heavy atom. The molecule has 1 fully saturated rings. The Labute approximate surface area is 112 Å². The van der Waals surface area contributed by atoms with Gasteiger partial charge >= 0.3 is 0 Å². The molecule has 1 atom stereocenters. The van der Waals surface area contributed by atoms with Gasteiger partial charge in [0.15, 0.2) is 0 Å². The second kappa shape index (κ2) is 5.54. The van der Waals surface area contributed by atoms with Crippen LogP contribution in [0.1, 0.15) is 18.6 Å². The smallest absolute Gasteiger partial charge is 0.277 e. The first-order chi connectivity index (χ1) is 8.99. The van der Waals surface area contributed by atoms with E-state index in [1.54, 1.807) is 12.1 Å². The van der Waals surface area contributed by atoms with Crippen LogP contribution in [0.3, 0.4) is 0 Å². The van der Waals surface area contributed by atoms with Crippen molar-refractivity contribution in [1.82, 2.24) is 4.90 Å². The van der Waals surface area contributed by atoms with E-state index in [1.807, 2.05) is 6.07 Å². The molecule has 1 N–H and O–H groups in total. The Kier molecular flexibility index (Phi) is 4.01. The number of aliphatic hydroxyl groups excluding tert-OH is 1. The van der Waals surface area contributed by atoms with Crippen LogP contribution in [0.2, 0.25) is 0 Å². The summed E-state index contributed by atoms with van der Waals surface area (Å²) in [7, 11) is 2.07. The molecule has 0 aromatic heterocycles. The van der Waals surface area contributed by atoms with Crippen molar-refractivity contribution in [3.05, 3.63) is 33.9 Å². The molecular formula is C13H19N3O3. The summed E-state index contributed by atoms with van der Waals surface area (Å²) >= 11 is 0. The molecule has 1 aliphatic heterocycles. The summed E-state index contributed by atoms with van der Waals surface area (Å²) < 4.78 is 0. The van der Waals surface area contributed by atoms with E-state index < -0.39 is 11.0 Å². The zero-order valence-electron chi connectivity index (χ0n) is 11.2. The molecule has 0 bridgehead atoms. The van der Waals surface area contributed by atoms with Gasteiger partial charge in [0.05, 0.1) is 16.6 Å². The van der Waals surface area contributed by atoms with Crippen molar-refractivity contribution >= 4 is 11.4 Å².